The molecule has 0 bridgehead atoms. The predicted molar refractivity (Wildman–Crippen MR) is 72.8 cm³/mol. The summed E-state index contributed by atoms with van der Waals surface area (Å²) in [7, 11) is 1.88. The minimum Gasteiger partial charge on any atom is -0.354 e. The molecule has 1 aliphatic heterocycles. The number of aryl methyl sites for hydroxylation is 1. The molecule has 3 heterocycles. The summed E-state index contributed by atoms with van der Waals surface area (Å²) in [5.41, 5.74) is 3.04. The van der Waals surface area contributed by atoms with Crippen LogP contribution in [0.5, 0.6) is 0 Å². The van der Waals surface area contributed by atoms with Crippen molar-refractivity contribution in [3.63, 3.8) is 0 Å². The minimum atomic E-state index is -0.200. The van der Waals surface area contributed by atoms with Crippen LogP contribution in [0.3, 0.4) is 0 Å². The maximum atomic E-state index is 12.1. The number of hydrogen-bond acceptors (Lipinski definition) is 4. The number of nitrogens with one attached hydrogen (secondary N) is 3. The standard InChI is InChI=1S/C13H18N6O/c1-19-5-3-9(18-19)2-4-14-13(20)11-6-10-12(7-15-11)17-8-16-10/h3,5,8,11,15H,2,4,6-7H2,1H3,(H,14,20)(H,16,17). The molecule has 0 saturated carbocycles. The number of aromatic amines is 1. The third-order valence-corrected chi connectivity index (χ3v) is 3.50. The van der Waals surface area contributed by atoms with Crippen LogP contribution in [0.2, 0.25) is 0 Å². The molecule has 0 saturated heterocycles. The fourth-order valence-electron chi connectivity index (χ4n) is 2.39. The van der Waals surface area contributed by atoms with E-state index >= 15 is 0 Å². The zero-order valence-corrected chi connectivity index (χ0v) is 11.4. The third-order valence-electron chi connectivity index (χ3n) is 3.50. The van der Waals surface area contributed by atoms with Gasteiger partial charge in [0, 0.05) is 39.2 Å². The average Bonchev–Trinajstić information content (AvgIpc) is 3.06. The smallest absolute Gasteiger partial charge is 0.237 e. The molecule has 1 aliphatic rings. The number of H-pyrrole nitrogens is 1. The maximum Gasteiger partial charge on any atom is 0.237 e. The normalized spacial score (nSPS) is 17.8. The van der Waals surface area contributed by atoms with E-state index in [1.54, 1.807) is 11.0 Å². The van der Waals surface area contributed by atoms with Crippen LogP contribution >= 0.6 is 0 Å². The van der Waals surface area contributed by atoms with Crippen LogP contribution in [0.1, 0.15) is 17.1 Å². The van der Waals surface area contributed by atoms with E-state index in [1.165, 1.54) is 0 Å². The zero-order valence-electron chi connectivity index (χ0n) is 11.4. The van der Waals surface area contributed by atoms with Crippen LogP contribution in [0.15, 0.2) is 18.6 Å². The lowest BCUT2D eigenvalue weighted by Crippen LogP contribution is -2.48. The molecule has 2 aromatic heterocycles. The van der Waals surface area contributed by atoms with Gasteiger partial charge in [-0.05, 0) is 6.07 Å². The highest BCUT2D eigenvalue weighted by Crippen LogP contribution is 2.11. The maximum absolute atomic E-state index is 12.1. The van der Waals surface area contributed by atoms with Crippen LogP contribution in [0.25, 0.3) is 0 Å². The second-order valence-corrected chi connectivity index (χ2v) is 4.99. The summed E-state index contributed by atoms with van der Waals surface area (Å²) >= 11 is 0. The Balaban J connectivity index is 1.48. The average molecular weight is 274 g/mol. The van der Waals surface area contributed by atoms with Crippen molar-refractivity contribution in [1.29, 1.82) is 0 Å². The van der Waals surface area contributed by atoms with E-state index in [1.807, 2.05) is 19.3 Å². The van der Waals surface area contributed by atoms with E-state index in [0.717, 1.165) is 23.5 Å². The monoisotopic (exact) mass is 274 g/mol. The van der Waals surface area contributed by atoms with Crippen molar-refractivity contribution in [3.05, 3.63) is 35.7 Å². The van der Waals surface area contributed by atoms with Gasteiger partial charge in [0.1, 0.15) is 0 Å². The summed E-state index contributed by atoms with van der Waals surface area (Å²) < 4.78 is 1.76. The zero-order chi connectivity index (χ0) is 13.9. The number of rotatable bonds is 4. The van der Waals surface area contributed by atoms with Gasteiger partial charge >= 0.3 is 0 Å². The number of carbonyl (C=O) groups is 1. The van der Waals surface area contributed by atoms with Crippen molar-refractivity contribution in [2.24, 2.45) is 7.05 Å². The molecule has 3 rings (SSSR count). The molecule has 7 heteroatoms. The quantitative estimate of drug-likeness (QED) is 0.702. The minimum absolute atomic E-state index is 0.0228. The second kappa shape index (κ2) is 5.46. The number of carbonyl (C=O) groups excluding carboxylic acids is 1. The summed E-state index contributed by atoms with van der Waals surface area (Å²) in [5, 5.41) is 10.4. The van der Waals surface area contributed by atoms with E-state index in [9.17, 15) is 4.79 Å². The molecular weight excluding hydrogens is 256 g/mol. The van der Waals surface area contributed by atoms with Crippen molar-refractivity contribution >= 4 is 5.91 Å². The van der Waals surface area contributed by atoms with Gasteiger partial charge in [-0.25, -0.2) is 4.98 Å². The molecule has 0 fully saturated rings. The van der Waals surface area contributed by atoms with Gasteiger partial charge in [0.25, 0.3) is 0 Å². The molecule has 1 amide bonds. The number of fused-ring (bicyclic) bond motifs is 1. The highest BCUT2D eigenvalue weighted by atomic mass is 16.2. The second-order valence-electron chi connectivity index (χ2n) is 4.99. The summed E-state index contributed by atoms with van der Waals surface area (Å²) in [6.07, 6.45) is 4.95. The van der Waals surface area contributed by atoms with Gasteiger partial charge in [0.05, 0.1) is 29.5 Å². The Morgan fingerprint density at radius 1 is 1.60 bits per heavy atom. The van der Waals surface area contributed by atoms with Crippen molar-refractivity contribution in [2.75, 3.05) is 6.54 Å². The molecule has 20 heavy (non-hydrogen) atoms. The molecule has 106 valence electrons. The number of imidazole rings is 1. The van der Waals surface area contributed by atoms with Gasteiger partial charge < -0.3 is 10.3 Å². The topological polar surface area (TPSA) is 87.6 Å². The van der Waals surface area contributed by atoms with E-state index in [2.05, 4.69) is 25.7 Å². The van der Waals surface area contributed by atoms with Gasteiger partial charge in [-0.1, -0.05) is 0 Å². The van der Waals surface area contributed by atoms with E-state index < -0.39 is 0 Å². The molecule has 1 unspecified atom stereocenters. The SMILES string of the molecule is Cn1ccc(CCNC(=O)C2Cc3nc[nH]c3CN2)n1. The van der Waals surface area contributed by atoms with Gasteiger partial charge in [-0.2, -0.15) is 5.10 Å². The highest BCUT2D eigenvalue weighted by molar-refractivity contribution is 5.82. The van der Waals surface area contributed by atoms with Gasteiger partial charge in [0.2, 0.25) is 5.91 Å². The fraction of sp³-hybridized carbons (Fsp3) is 0.462. The fourth-order valence-corrected chi connectivity index (χ4v) is 2.39. The first-order valence-electron chi connectivity index (χ1n) is 6.73. The first kappa shape index (κ1) is 12.9. The lowest BCUT2D eigenvalue weighted by molar-refractivity contribution is -0.123. The Morgan fingerprint density at radius 3 is 3.30 bits per heavy atom. The van der Waals surface area contributed by atoms with Crippen molar-refractivity contribution in [2.45, 2.75) is 25.4 Å². The molecule has 1 atom stereocenters. The number of aromatic nitrogens is 4. The molecular formula is C13H18N6O. The van der Waals surface area contributed by atoms with Crippen molar-refractivity contribution in [1.82, 2.24) is 30.4 Å². The van der Waals surface area contributed by atoms with E-state index in [-0.39, 0.29) is 11.9 Å². The van der Waals surface area contributed by atoms with E-state index in [4.69, 9.17) is 0 Å². The molecule has 0 aromatic carbocycles. The number of nitrogens with zero attached hydrogens (tertiary/aromatic N) is 3. The number of amides is 1. The van der Waals surface area contributed by atoms with Gasteiger partial charge in [0.15, 0.2) is 0 Å². The Hall–Kier alpha value is -2.15. The summed E-state index contributed by atoms with van der Waals surface area (Å²) in [4.78, 5) is 19.4. The predicted octanol–water partition coefficient (Wildman–Crippen LogP) is -0.484. The Labute approximate surface area is 116 Å². The van der Waals surface area contributed by atoms with Crippen LogP contribution < -0.4 is 10.6 Å². The largest absolute Gasteiger partial charge is 0.354 e. The molecule has 7 nitrogen and oxygen atoms in total. The lowest BCUT2D eigenvalue weighted by atomic mass is 10.0. The molecule has 0 spiro atoms. The summed E-state index contributed by atoms with van der Waals surface area (Å²) in [5.74, 6) is 0.0228. The molecule has 2 aromatic rings. The van der Waals surface area contributed by atoms with Crippen LogP contribution in [-0.2, 0) is 31.2 Å². The van der Waals surface area contributed by atoms with Gasteiger partial charge in [-0.3, -0.25) is 14.8 Å². The van der Waals surface area contributed by atoms with Crippen LogP contribution in [-0.4, -0.2) is 38.2 Å². The van der Waals surface area contributed by atoms with Crippen molar-refractivity contribution in [3.8, 4) is 0 Å². The lowest BCUT2D eigenvalue weighted by Gasteiger charge is -2.22. The number of hydrogen-bond donors (Lipinski definition) is 3. The first-order chi connectivity index (χ1) is 9.72. The summed E-state index contributed by atoms with van der Waals surface area (Å²) in [6.45, 7) is 1.26. The molecule has 0 aliphatic carbocycles. The molecule has 3 N–H and O–H groups in total. The van der Waals surface area contributed by atoms with Crippen LogP contribution in [0.4, 0.5) is 0 Å². The Bertz CT molecular complexity index is 602. The van der Waals surface area contributed by atoms with Crippen LogP contribution in [0, 0.1) is 0 Å². The first-order valence-corrected chi connectivity index (χ1v) is 6.73. The Morgan fingerprint density at radius 2 is 2.50 bits per heavy atom. The highest BCUT2D eigenvalue weighted by Gasteiger charge is 2.25. The Kier molecular flexibility index (Phi) is 3.51. The van der Waals surface area contributed by atoms with Crippen molar-refractivity contribution < 1.29 is 4.79 Å². The van der Waals surface area contributed by atoms with E-state index in [0.29, 0.717) is 19.5 Å². The van der Waals surface area contributed by atoms with Gasteiger partial charge in [-0.15, -0.1) is 0 Å². The molecule has 0 radical (unpaired) electrons. The third kappa shape index (κ3) is 2.72. The summed E-state index contributed by atoms with van der Waals surface area (Å²) in [6, 6.07) is 1.76.